The SMILES string of the molecule is Cl.NCC1(C(=O)NCCc2ccsc2)CCOCC1. The maximum absolute atomic E-state index is 12.2. The van der Waals surface area contributed by atoms with E-state index in [1.807, 2.05) is 0 Å². The number of carbonyl (C=O) groups excluding carboxylic acids is 1. The van der Waals surface area contributed by atoms with Crippen LogP contribution in [0.15, 0.2) is 16.8 Å². The van der Waals surface area contributed by atoms with Crippen molar-refractivity contribution in [3.63, 3.8) is 0 Å². The first-order valence-corrected chi connectivity index (χ1v) is 7.28. The lowest BCUT2D eigenvalue weighted by atomic mass is 9.79. The van der Waals surface area contributed by atoms with Gasteiger partial charge in [-0.2, -0.15) is 11.3 Å². The smallest absolute Gasteiger partial charge is 0.227 e. The van der Waals surface area contributed by atoms with E-state index >= 15 is 0 Å². The maximum atomic E-state index is 12.2. The van der Waals surface area contributed by atoms with Crippen molar-refractivity contribution in [2.75, 3.05) is 26.3 Å². The van der Waals surface area contributed by atoms with Gasteiger partial charge >= 0.3 is 0 Å². The van der Waals surface area contributed by atoms with Gasteiger partial charge in [0.05, 0.1) is 5.41 Å². The van der Waals surface area contributed by atoms with Crippen LogP contribution >= 0.6 is 23.7 Å². The Morgan fingerprint density at radius 3 is 2.79 bits per heavy atom. The van der Waals surface area contributed by atoms with Crippen LogP contribution in [-0.4, -0.2) is 32.2 Å². The normalized spacial score (nSPS) is 17.5. The van der Waals surface area contributed by atoms with Crippen molar-refractivity contribution in [1.82, 2.24) is 5.32 Å². The van der Waals surface area contributed by atoms with Gasteiger partial charge in [0, 0.05) is 26.3 Å². The number of thiophene rings is 1. The fraction of sp³-hybridized carbons (Fsp3) is 0.615. The Morgan fingerprint density at radius 2 is 2.21 bits per heavy atom. The lowest BCUT2D eigenvalue weighted by Gasteiger charge is -2.34. The van der Waals surface area contributed by atoms with E-state index in [1.54, 1.807) is 11.3 Å². The Balaban J connectivity index is 0.00000180. The topological polar surface area (TPSA) is 64.4 Å². The third-order valence-corrected chi connectivity index (χ3v) is 4.33. The van der Waals surface area contributed by atoms with Gasteiger partial charge in [-0.1, -0.05) is 0 Å². The number of halogens is 1. The molecule has 1 aliphatic heterocycles. The number of nitrogens with one attached hydrogen (secondary N) is 1. The molecule has 108 valence electrons. The quantitative estimate of drug-likeness (QED) is 0.868. The van der Waals surface area contributed by atoms with Crippen molar-refractivity contribution in [1.29, 1.82) is 0 Å². The number of nitrogens with two attached hydrogens (primary N) is 1. The first kappa shape index (κ1) is 16.4. The molecule has 1 saturated heterocycles. The first-order chi connectivity index (χ1) is 8.77. The average molecular weight is 305 g/mol. The van der Waals surface area contributed by atoms with Crippen LogP contribution in [0.2, 0.25) is 0 Å². The van der Waals surface area contributed by atoms with E-state index in [9.17, 15) is 4.79 Å². The molecule has 2 heterocycles. The largest absolute Gasteiger partial charge is 0.381 e. The van der Waals surface area contributed by atoms with E-state index in [2.05, 4.69) is 22.1 Å². The number of amides is 1. The Kier molecular flexibility index (Phi) is 6.79. The van der Waals surface area contributed by atoms with Gasteiger partial charge in [-0.3, -0.25) is 4.79 Å². The predicted molar refractivity (Wildman–Crippen MR) is 79.8 cm³/mol. The summed E-state index contributed by atoms with van der Waals surface area (Å²) in [7, 11) is 0. The fourth-order valence-corrected chi connectivity index (χ4v) is 2.93. The Bertz CT molecular complexity index is 378. The fourth-order valence-electron chi connectivity index (χ4n) is 2.23. The molecule has 3 N–H and O–H groups in total. The highest BCUT2D eigenvalue weighted by Crippen LogP contribution is 2.29. The van der Waals surface area contributed by atoms with Crippen LogP contribution in [0, 0.1) is 5.41 Å². The molecule has 1 aromatic heterocycles. The zero-order valence-corrected chi connectivity index (χ0v) is 12.5. The van der Waals surface area contributed by atoms with Gasteiger partial charge in [0.2, 0.25) is 5.91 Å². The summed E-state index contributed by atoms with van der Waals surface area (Å²) < 4.78 is 5.31. The molecule has 6 heteroatoms. The summed E-state index contributed by atoms with van der Waals surface area (Å²) >= 11 is 1.68. The van der Waals surface area contributed by atoms with Crippen LogP contribution in [0.1, 0.15) is 18.4 Å². The highest BCUT2D eigenvalue weighted by atomic mass is 35.5. The number of hydrogen-bond acceptors (Lipinski definition) is 4. The minimum Gasteiger partial charge on any atom is -0.381 e. The Morgan fingerprint density at radius 1 is 1.47 bits per heavy atom. The molecular weight excluding hydrogens is 284 g/mol. The lowest BCUT2D eigenvalue weighted by Crippen LogP contribution is -2.49. The zero-order valence-electron chi connectivity index (χ0n) is 10.9. The van der Waals surface area contributed by atoms with E-state index in [-0.39, 0.29) is 18.3 Å². The van der Waals surface area contributed by atoms with Crippen molar-refractivity contribution >= 4 is 29.7 Å². The molecule has 19 heavy (non-hydrogen) atoms. The van der Waals surface area contributed by atoms with Gasteiger partial charge in [0.1, 0.15) is 0 Å². The molecule has 0 radical (unpaired) electrons. The molecule has 0 aromatic carbocycles. The molecule has 0 unspecified atom stereocenters. The van der Waals surface area contributed by atoms with Crippen LogP contribution in [0.5, 0.6) is 0 Å². The van der Waals surface area contributed by atoms with E-state index in [0.29, 0.717) is 26.3 Å². The van der Waals surface area contributed by atoms with Gasteiger partial charge in [0.25, 0.3) is 0 Å². The van der Waals surface area contributed by atoms with Gasteiger partial charge in [-0.15, -0.1) is 12.4 Å². The molecule has 0 bridgehead atoms. The summed E-state index contributed by atoms with van der Waals surface area (Å²) in [6.45, 7) is 2.35. The number of rotatable bonds is 5. The summed E-state index contributed by atoms with van der Waals surface area (Å²) in [4.78, 5) is 12.2. The molecule has 0 atom stereocenters. The van der Waals surface area contributed by atoms with Crippen LogP contribution in [0.25, 0.3) is 0 Å². The van der Waals surface area contributed by atoms with Gasteiger partial charge in [-0.25, -0.2) is 0 Å². The third-order valence-electron chi connectivity index (χ3n) is 3.60. The van der Waals surface area contributed by atoms with Crippen molar-refractivity contribution in [3.8, 4) is 0 Å². The van der Waals surface area contributed by atoms with Crippen LogP contribution in [0.4, 0.5) is 0 Å². The highest BCUT2D eigenvalue weighted by molar-refractivity contribution is 7.07. The van der Waals surface area contributed by atoms with Crippen LogP contribution < -0.4 is 11.1 Å². The van der Waals surface area contributed by atoms with Crippen molar-refractivity contribution in [2.45, 2.75) is 19.3 Å². The molecule has 1 fully saturated rings. The van der Waals surface area contributed by atoms with Crippen LogP contribution in [-0.2, 0) is 16.0 Å². The summed E-state index contributed by atoms with van der Waals surface area (Å²) in [5.74, 6) is 0.0866. The van der Waals surface area contributed by atoms with Crippen molar-refractivity contribution in [2.24, 2.45) is 11.1 Å². The van der Waals surface area contributed by atoms with Crippen LogP contribution in [0.3, 0.4) is 0 Å². The van der Waals surface area contributed by atoms with Crippen molar-refractivity contribution in [3.05, 3.63) is 22.4 Å². The molecule has 0 saturated carbocycles. The van der Waals surface area contributed by atoms with Gasteiger partial charge < -0.3 is 15.8 Å². The standard InChI is InChI=1S/C13H20N2O2S.ClH/c14-10-13(3-6-17-7-4-13)12(16)15-5-1-11-2-8-18-9-11;/h2,8-9H,1,3-7,10,14H2,(H,15,16);1H. The molecule has 2 rings (SSSR count). The minimum atomic E-state index is -0.410. The summed E-state index contributed by atoms with van der Waals surface area (Å²) in [6.07, 6.45) is 2.34. The molecule has 1 aromatic rings. The predicted octanol–water partition coefficient (Wildman–Crippen LogP) is 1.58. The zero-order chi connectivity index (χ0) is 12.8. The van der Waals surface area contributed by atoms with E-state index in [0.717, 1.165) is 19.3 Å². The number of hydrogen-bond donors (Lipinski definition) is 2. The monoisotopic (exact) mass is 304 g/mol. The number of carbonyl (C=O) groups is 1. The molecule has 0 spiro atoms. The Labute approximate surface area is 124 Å². The second-order valence-corrected chi connectivity index (χ2v) is 5.51. The number of ether oxygens (including phenoxy) is 1. The van der Waals surface area contributed by atoms with Gasteiger partial charge in [0.15, 0.2) is 0 Å². The highest BCUT2D eigenvalue weighted by Gasteiger charge is 2.38. The molecule has 1 amide bonds. The minimum absolute atomic E-state index is 0. The third kappa shape index (κ3) is 4.18. The van der Waals surface area contributed by atoms with Gasteiger partial charge in [-0.05, 0) is 41.7 Å². The second kappa shape index (κ2) is 7.85. The molecule has 4 nitrogen and oxygen atoms in total. The first-order valence-electron chi connectivity index (χ1n) is 6.34. The summed E-state index contributed by atoms with van der Waals surface area (Å²) in [5, 5.41) is 7.18. The summed E-state index contributed by atoms with van der Waals surface area (Å²) in [5.41, 5.74) is 6.65. The second-order valence-electron chi connectivity index (χ2n) is 4.73. The van der Waals surface area contributed by atoms with E-state index in [1.165, 1.54) is 5.56 Å². The summed E-state index contributed by atoms with van der Waals surface area (Å²) in [6, 6.07) is 2.09. The molecular formula is C13H21ClN2O2S. The maximum Gasteiger partial charge on any atom is 0.227 e. The average Bonchev–Trinajstić information content (AvgIpc) is 2.92. The molecule has 1 aliphatic rings. The Hall–Kier alpha value is -0.620. The van der Waals surface area contributed by atoms with E-state index in [4.69, 9.17) is 10.5 Å². The van der Waals surface area contributed by atoms with E-state index < -0.39 is 5.41 Å². The van der Waals surface area contributed by atoms with Crippen molar-refractivity contribution < 1.29 is 9.53 Å². The molecule has 0 aliphatic carbocycles. The lowest BCUT2D eigenvalue weighted by molar-refractivity contribution is -0.135.